The molecule has 0 atom stereocenters. The second kappa shape index (κ2) is 5.70. The van der Waals surface area contributed by atoms with Crippen molar-refractivity contribution < 1.29 is 9.47 Å². The van der Waals surface area contributed by atoms with Crippen molar-refractivity contribution in [1.29, 1.82) is 0 Å². The van der Waals surface area contributed by atoms with Crippen LogP contribution in [0.5, 0.6) is 0 Å². The fourth-order valence-corrected chi connectivity index (χ4v) is 1.06. The fraction of sp³-hybridized carbons (Fsp3) is 0.600. The minimum Gasteiger partial charge on any atom is -0.456 e. The third-order valence-corrected chi connectivity index (χ3v) is 1.75. The van der Waals surface area contributed by atoms with E-state index in [1.807, 2.05) is 6.08 Å². The van der Waals surface area contributed by atoms with Gasteiger partial charge in [-0.3, -0.25) is 0 Å². The van der Waals surface area contributed by atoms with Crippen molar-refractivity contribution in [1.82, 2.24) is 0 Å². The standard InChI is InChI=1S/C10H16O2/c1-2-3-4-5-6-7-10-11-8-9-12-10/h6-10H,2-5H2,1H3. The van der Waals surface area contributed by atoms with Crippen LogP contribution in [-0.4, -0.2) is 6.29 Å². The highest BCUT2D eigenvalue weighted by Gasteiger charge is 2.05. The summed E-state index contributed by atoms with van der Waals surface area (Å²) in [7, 11) is 0. The van der Waals surface area contributed by atoms with E-state index in [-0.39, 0.29) is 6.29 Å². The Morgan fingerprint density at radius 1 is 1.25 bits per heavy atom. The van der Waals surface area contributed by atoms with Gasteiger partial charge in [-0.2, -0.15) is 0 Å². The van der Waals surface area contributed by atoms with Crippen LogP contribution < -0.4 is 0 Å². The second-order valence-electron chi connectivity index (χ2n) is 2.84. The number of unbranched alkanes of at least 4 members (excludes halogenated alkanes) is 3. The summed E-state index contributed by atoms with van der Waals surface area (Å²) in [5.41, 5.74) is 0. The molecule has 0 aromatic carbocycles. The van der Waals surface area contributed by atoms with Gasteiger partial charge in [0.15, 0.2) is 0 Å². The molecule has 0 radical (unpaired) electrons. The lowest BCUT2D eigenvalue weighted by molar-refractivity contribution is 0.0189. The molecule has 0 fully saturated rings. The van der Waals surface area contributed by atoms with Crippen molar-refractivity contribution in [2.45, 2.75) is 38.9 Å². The highest BCUT2D eigenvalue weighted by atomic mass is 16.7. The van der Waals surface area contributed by atoms with Gasteiger partial charge in [0.2, 0.25) is 0 Å². The third kappa shape index (κ3) is 3.46. The van der Waals surface area contributed by atoms with E-state index in [2.05, 4.69) is 13.0 Å². The maximum atomic E-state index is 5.07. The molecule has 0 amide bonds. The Morgan fingerprint density at radius 2 is 2.00 bits per heavy atom. The van der Waals surface area contributed by atoms with E-state index in [9.17, 15) is 0 Å². The van der Waals surface area contributed by atoms with Gasteiger partial charge in [-0.25, -0.2) is 0 Å². The summed E-state index contributed by atoms with van der Waals surface area (Å²) in [6.45, 7) is 2.21. The molecule has 0 N–H and O–H groups in total. The summed E-state index contributed by atoms with van der Waals surface area (Å²) in [6, 6.07) is 0. The van der Waals surface area contributed by atoms with Gasteiger partial charge in [0.25, 0.3) is 6.29 Å². The quantitative estimate of drug-likeness (QED) is 0.464. The SMILES string of the molecule is CCCCCC=CC1OC=CO1. The molecule has 0 spiro atoms. The van der Waals surface area contributed by atoms with Crippen LogP contribution in [0.4, 0.5) is 0 Å². The van der Waals surface area contributed by atoms with Gasteiger partial charge in [0.05, 0.1) is 0 Å². The first-order valence-corrected chi connectivity index (χ1v) is 4.56. The topological polar surface area (TPSA) is 18.5 Å². The highest BCUT2D eigenvalue weighted by molar-refractivity contribution is 4.89. The van der Waals surface area contributed by atoms with Crippen LogP contribution in [0.2, 0.25) is 0 Å². The monoisotopic (exact) mass is 168 g/mol. The Hall–Kier alpha value is -0.920. The largest absolute Gasteiger partial charge is 0.456 e. The number of ether oxygens (including phenoxy) is 2. The molecule has 1 heterocycles. The lowest BCUT2D eigenvalue weighted by atomic mass is 10.2. The van der Waals surface area contributed by atoms with Crippen molar-refractivity contribution in [3.63, 3.8) is 0 Å². The van der Waals surface area contributed by atoms with Crippen LogP contribution in [0.1, 0.15) is 32.6 Å². The van der Waals surface area contributed by atoms with Gasteiger partial charge in [0, 0.05) is 0 Å². The minimum atomic E-state index is -0.174. The molecule has 2 heteroatoms. The molecule has 12 heavy (non-hydrogen) atoms. The summed E-state index contributed by atoms with van der Waals surface area (Å²) < 4.78 is 10.1. The molecule has 0 aromatic heterocycles. The Balaban J connectivity index is 1.98. The molecule has 68 valence electrons. The van der Waals surface area contributed by atoms with Crippen LogP contribution in [0.15, 0.2) is 24.7 Å². The van der Waals surface area contributed by atoms with Crippen LogP contribution in [0.25, 0.3) is 0 Å². The minimum absolute atomic E-state index is 0.174. The molecule has 0 saturated heterocycles. The second-order valence-corrected chi connectivity index (χ2v) is 2.84. The molecule has 0 aromatic rings. The molecule has 1 aliphatic rings. The fourth-order valence-electron chi connectivity index (χ4n) is 1.06. The van der Waals surface area contributed by atoms with Crippen molar-refractivity contribution in [3.05, 3.63) is 24.7 Å². The number of allylic oxidation sites excluding steroid dienone is 1. The van der Waals surface area contributed by atoms with Gasteiger partial charge in [-0.15, -0.1) is 0 Å². The van der Waals surface area contributed by atoms with Crippen molar-refractivity contribution in [2.75, 3.05) is 0 Å². The Kier molecular flexibility index (Phi) is 4.35. The maximum Gasteiger partial charge on any atom is 0.259 e. The molecular formula is C10H16O2. The lowest BCUT2D eigenvalue weighted by Crippen LogP contribution is -2.01. The van der Waals surface area contributed by atoms with Gasteiger partial charge in [-0.05, 0) is 18.9 Å². The average molecular weight is 168 g/mol. The van der Waals surface area contributed by atoms with Crippen LogP contribution in [0, 0.1) is 0 Å². The third-order valence-electron chi connectivity index (χ3n) is 1.75. The van der Waals surface area contributed by atoms with Gasteiger partial charge in [0.1, 0.15) is 12.5 Å². The first-order chi connectivity index (χ1) is 5.93. The van der Waals surface area contributed by atoms with Gasteiger partial charge >= 0.3 is 0 Å². The molecule has 0 saturated carbocycles. The summed E-state index contributed by atoms with van der Waals surface area (Å²) >= 11 is 0. The molecular weight excluding hydrogens is 152 g/mol. The zero-order valence-corrected chi connectivity index (χ0v) is 7.53. The molecule has 2 nitrogen and oxygen atoms in total. The van der Waals surface area contributed by atoms with E-state index >= 15 is 0 Å². The summed E-state index contributed by atoms with van der Waals surface area (Å²) in [5.74, 6) is 0. The van der Waals surface area contributed by atoms with E-state index in [0.29, 0.717) is 0 Å². The molecule has 0 bridgehead atoms. The molecule has 0 unspecified atom stereocenters. The van der Waals surface area contributed by atoms with E-state index < -0.39 is 0 Å². The molecule has 0 aliphatic carbocycles. The van der Waals surface area contributed by atoms with Crippen molar-refractivity contribution in [2.24, 2.45) is 0 Å². The predicted octanol–water partition coefficient (Wildman–Crippen LogP) is 2.97. The summed E-state index contributed by atoms with van der Waals surface area (Å²) in [5, 5.41) is 0. The summed E-state index contributed by atoms with van der Waals surface area (Å²) in [4.78, 5) is 0. The highest BCUT2D eigenvalue weighted by Crippen LogP contribution is 2.07. The lowest BCUT2D eigenvalue weighted by Gasteiger charge is -2.02. The van der Waals surface area contributed by atoms with E-state index in [0.717, 1.165) is 6.42 Å². The Labute approximate surface area is 73.9 Å². The van der Waals surface area contributed by atoms with E-state index in [4.69, 9.17) is 9.47 Å². The smallest absolute Gasteiger partial charge is 0.259 e. The van der Waals surface area contributed by atoms with Crippen LogP contribution in [-0.2, 0) is 9.47 Å². The molecule has 1 rings (SSSR count). The van der Waals surface area contributed by atoms with Crippen LogP contribution in [0.3, 0.4) is 0 Å². The average Bonchev–Trinajstić information content (AvgIpc) is 2.57. The zero-order valence-electron chi connectivity index (χ0n) is 7.53. The zero-order chi connectivity index (χ0) is 8.65. The van der Waals surface area contributed by atoms with Crippen molar-refractivity contribution in [3.8, 4) is 0 Å². The normalized spacial score (nSPS) is 16.8. The van der Waals surface area contributed by atoms with Gasteiger partial charge < -0.3 is 9.47 Å². The molecule has 1 aliphatic heterocycles. The predicted molar refractivity (Wildman–Crippen MR) is 48.4 cm³/mol. The first kappa shape index (κ1) is 9.17. The number of hydrogen-bond acceptors (Lipinski definition) is 2. The van der Waals surface area contributed by atoms with E-state index in [1.165, 1.54) is 19.3 Å². The number of hydrogen-bond donors (Lipinski definition) is 0. The van der Waals surface area contributed by atoms with Gasteiger partial charge in [-0.1, -0.05) is 25.8 Å². The first-order valence-electron chi connectivity index (χ1n) is 4.56. The Morgan fingerprint density at radius 3 is 2.67 bits per heavy atom. The van der Waals surface area contributed by atoms with Crippen LogP contribution >= 0.6 is 0 Å². The van der Waals surface area contributed by atoms with E-state index in [1.54, 1.807) is 12.5 Å². The summed E-state index contributed by atoms with van der Waals surface area (Å²) in [6.07, 6.45) is 12.0. The Bertz CT molecular complexity index is 153. The maximum absolute atomic E-state index is 5.07. The van der Waals surface area contributed by atoms with Crippen molar-refractivity contribution >= 4 is 0 Å². The number of rotatable bonds is 5.